The number of fused-ring (bicyclic) bond motifs is 1. The van der Waals surface area contributed by atoms with E-state index in [2.05, 4.69) is 10.3 Å². The number of ether oxygens (including phenoxy) is 1. The Morgan fingerprint density at radius 1 is 1.03 bits per heavy atom. The lowest BCUT2D eigenvalue weighted by atomic mass is 9.86. The van der Waals surface area contributed by atoms with Crippen molar-refractivity contribution < 1.29 is 19.1 Å². The Morgan fingerprint density at radius 3 is 2.50 bits per heavy atom. The summed E-state index contributed by atoms with van der Waals surface area (Å²) in [6.45, 7) is 6.92. The minimum Gasteiger partial charge on any atom is -0.494 e. The molecule has 3 heterocycles. The van der Waals surface area contributed by atoms with Gasteiger partial charge >= 0.3 is 6.03 Å². The number of aryl methyl sites for hydroxylation is 1. The van der Waals surface area contributed by atoms with E-state index in [9.17, 15) is 14.4 Å². The predicted molar refractivity (Wildman–Crippen MR) is 134 cm³/mol. The third-order valence-corrected chi connectivity index (χ3v) is 6.88. The number of hydrogen-bond acceptors (Lipinski definition) is 5. The fourth-order valence-electron chi connectivity index (χ4n) is 5.12. The van der Waals surface area contributed by atoms with Crippen molar-refractivity contribution in [2.24, 2.45) is 0 Å². The van der Waals surface area contributed by atoms with E-state index in [-0.39, 0.29) is 12.5 Å². The van der Waals surface area contributed by atoms with Crippen molar-refractivity contribution in [3.8, 4) is 17.0 Å². The third kappa shape index (κ3) is 3.79. The highest BCUT2D eigenvalue weighted by Gasteiger charge is 2.55. The summed E-state index contributed by atoms with van der Waals surface area (Å²) in [7, 11) is 0. The van der Waals surface area contributed by atoms with E-state index in [1.54, 1.807) is 17.2 Å². The highest BCUT2D eigenvalue weighted by atomic mass is 16.5. The topological polar surface area (TPSA) is 91.8 Å². The number of pyridine rings is 1. The van der Waals surface area contributed by atoms with Crippen LogP contribution in [0.25, 0.3) is 11.3 Å². The molecule has 2 aliphatic rings. The zero-order chi connectivity index (χ0) is 25.4. The molecule has 184 valence electrons. The predicted octanol–water partition coefficient (Wildman–Crippen LogP) is 3.88. The average molecular weight is 485 g/mol. The van der Waals surface area contributed by atoms with Crippen molar-refractivity contribution in [3.63, 3.8) is 0 Å². The minimum absolute atomic E-state index is 0.0396. The normalized spacial score (nSPS) is 19.0. The molecule has 1 N–H and O–H groups in total. The Labute approximate surface area is 209 Å². The number of imide groups is 1. The third-order valence-electron chi connectivity index (χ3n) is 6.88. The van der Waals surface area contributed by atoms with Crippen molar-refractivity contribution >= 4 is 17.8 Å². The van der Waals surface area contributed by atoms with Crippen LogP contribution in [0.3, 0.4) is 0 Å². The van der Waals surface area contributed by atoms with Crippen molar-refractivity contribution in [2.45, 2.75) is 32.9 Å². The molecule has 2 aromatic carbocycles. The molecule has 8 nitrogen and oxygen atoms in total. The summed E-state index contributed by atoms with van der Waals surface area (Å²) >= 11 is 0. The summed E-state index contributed by atoms with van der Waals surface area (Å²) in [5.74, 6) is 0.00901. The van der Waals surface area contributed by atoms with Crippen molar-refractivity contribution in [2.75, 3.05) is 19.7 Å². The highest BCUT2D eigenvalue weighted by Crippen LogP contribution is 2.38. The Morgan fingerprint density at radius 2 is 1.81 bits per heavy atom. The number of urea groups is 1. The summed E-state index contributed by atoms with van der Waals surface area (Å²) in [5, 5.41) is 2.47. The summed E-state index contributed by atoms with van der Waals surface area (Å²) in [6, 6.07) is 16.4. The van der Waals surface area contributed by atoms with Crippen LogP contribution in [-0.4, -0.2) is 52.3 Å². The molecule has 0 aliphatic carbocycles. The van der Waals surface area contributed by atoms with E-state index in [0.29, 0.717) is 36.6 Å². The minimum atomic E-state index is -1.34. The van der Waals surface area contributed by atoms with E-state index in [1.807, 2.05) is 69.3 Å². The van der Waals surface area contributed by atoms with Gasteiger partial charge in [-0.15, -0.1) is 0 Å². The first-order valence-electron chi connectivity index (χ1n) is 12.1. The number of aromatic nitrogens is 1. The molecular formula is C28H28N4O4. The molecular weight excluding hydrogens is 456 g/mol. The second-order valence-corrected chi connectivity index (χ2v) is 9.07. The number of nitrogens with one attached hydrogen (secondary N) is 1. The lowest BCUT2D eigenvalue weighted by molar-refractivity contribution is -0.127. The molecule has 0 saturated carbocycles. The number of carbonyl (C=O) groups excluding carboxylic acids is 3. The van der Waals surface area contributed by atoms with Gasteiger partial charge in [0.15, 0.2) is 5.54 Å². The lowest BCUT2D eigenvalue weighted by Crippen LogP contribution is -2.54. The molecule has 0 radical (unpaired) electrons. The van der Waals surface area contributed by atoms with Gasteiger partial charge in [-0.05, 0) is 61.7 Å². The molecule has 1 aromatic heterocycles. The summed E-state index contributed by atoms with van der Waals surface area (Å²) < 4.78 is 5.57. The van der Waals surface area contributed by atoms with Gasteiger partial charge in [-0.3, -0.25) is 19.9 Å². The van der Waals surface area contributed by atoms with E-state index in [1.165, 1.54) is 4.90 Å². The van der Waals surface area contributed by atoms with Gasteiger partial charge in [0, 0.05) is 30.4 Å². The Bertz CT molecular complexity index is 1350. The van der Waals surface area contributed by atoms with Gasteiger partial charge in [0.1, 0.15) is 5.75 Å². The largest absolute Gasteiger partial charge is 0.494 e. The van der Waals surface area contributed by atoms with E-state index >= 15 is 0 Å². The van der Waals surface area contributed by atoms with Gasteiger partial charge < -0.3 is 14.5 Å². The van der Waals surface area contributed by atoms with E-state index in [4.69, 9.17) is 4.74 Å². The standard InChI is InChI=1S/C28H28N4O4/c1-4-32-27(35)30-26(34)28(32,21-9-6-19(7-10-21)24-14-18(3)12-13-29-24)17-31-16-20-8-11-22(36-5-2)15-23(20)25(31)33/h6-15H,4-5,16-17H2,1-3H3,(H,30,34,35)/t28-/m1/s1. The zero-order valence-corrected chi connectivity index (χ0v) is 20.6. The summed E-state index contributed by atoms with van der Waals surface area (Å²) in [5.41, 5.74) is 3.55. The fourth-order valence-corrected chi connectivity index (χ4v) is 5.12. The maximum Gasteiger partial charge on any atom is 0.325 e. The monoisotopic (exact) mass is 484 g/mol. The number of carbonyl (C=O) groups is 3. The number of amides is 4. The Kier molecular flexibility index (Phi) is 5.96. The molecule has 8 heteroatoms. The van der Waals surface area contributed by atoms with E-state index < -0.39 is 17.5 Å². The number of benzene rings is 2. The second-order valence-electron chi connectivity index (χ2n) is 9.07. The maximum atomic E-state index is 13.4. The number of hydrogen-bond donors (Lipinski definition) is 1. The number of likely N-dealkylation sites (N-methyl/N-ethyl adjacent to an activating group) is 1. The summed E-state index contributed by atoms with van der Waals surface area (Å²) in [6.07, 6.45) is 1.76. The van der Waals surface area contributed by atoms with Gasteiger partial charge in [0.05, 0.1) is 18.8 Å². The molecule has 0 unspecified atom stereocenters. The quantitative estimate of drug-likeness (QED) is 0.514. The molecule has 0 spiro atoms. The van der Waals surface area contributed by atoms with Crippen LogP contribution in [0, 0.1) is 6.92 Å². The molecule has 1 atom stereocenters. The van der Waals surface area contributed by atoms with Crippen LogP contribution in [0.1, 0.15) is 40.9 Å². The van der Waals surface area contributed by atoms with Crippen LogP contribution in [0.5, 0.6) is 5.75 Å². The van der Waals surface area contributed by atoms with Crippen LogP contribution in [0.15, 0.2) is 60.8 Å². The fraction of sp³-hybridized carbons (Fsp3) is 0.286. The highest BCUT2D eigenvalue weighted by molar-refractivity contribution is 6.08. The van der Waals surface area contributed by atoms with Gasteiger partial charge in [-0.1, -0.05) is 30.3 Å². The first-order chi connectivity index (χ1) is 17.4. The van der Waals surface area contributed by atoms with Crippen LogP contribution >= 0.6 is 0 Å². The van der Waals surface area contributed by atoms with Crippen molar-refractivity contribution in [1.29, 1.82) is 0 Å². The molecule has 5 rings (SSSR count). The Balaban J connectivity index is 1.52. The Hall–Kier alpha value is -4.20. The molecule has 1 fully saturated rings. The second kappa shape index (κ2) is 9.11. The first-order valence-corrected chi connectivity index (χ1v) is 12.1. The van der Waals surface area contributed by atoms with Crippen LogP contribution in [-0.2, 0) is 16.9 Å². The molecule has 0 bridgehead atoms. The zero-order valence-electron chi connectivity index (χ0n) is 20.6. The molecule has 36 heavy (non-hydrogen) atoms. The number of rotatable bonds is 7. The smallest absolute Gasteiger partial charge is 0.325 e. The van der Waals surface area contributed by atoms with Gasteiger partial charge in [0.25, 0.3) is 11.8 Å². The summed E-state index contributed by atoms with van der Waals surface area (Å²) in [4.78, 5) is 47.2. The van der Waals surface area contributed by atoms with Gasteiger partial charge in [-0.2, -0.15) is 0 Å². The van der Waals surface area contributed by atoms with E-state index in [0.717, 1.165) is 22.4 Å². The van der Waals surface area contributed by atoms with Gasteiger partial charge in [0.2, 0.25) is 0 Å². The molecule has 4 amide bonds. The average Bonchev–Trinajstić information content (AvgIpc) is 3.31. The van der Waals surface area contributed by atoms with Crippen molar-refractivity contribution in [3.05, 3.63) is 83.0 Å². The van der Waals surface area contributed by atoms with Crippen molar-refractivity contribution in [1.82, 2.24) is 20.1 Å². The number of nitrogens with zero attached hydrogens (tertiary/aromatic N) is 3. The van der Waals surface area contributed by atoms with Gasteiger partial charge in [-0.25, -0.2) is 4.79 Å². The maximum absolute atomic E-state index is 13.4. The lowest BCUT2D eigenvalue weighted by Gasteiger charge is -2.38. The molecule has 3 aromatic rings. The van der Waals surface area contributed by atoms with Crippen LogP contribution in [0.4, 0.5) is 4.79 Å². The van der Waals surface area contributed by atoms with Crippen LogP contribution in [0.2, 0.25) is 0 Å². The first kappa shape index (κ1) is 23.5. The van der Waals surface area contributed by atoms with Crippen LogP contribution < -0.4 is 10.1 Å². The SMILES string of the molecule is CCOc1ccc2c(c1)C(=O)N(C[C@@]1(c3ccc(-c4cc(C)ccn4)cc3)C(=O)NC(=O)N1CC)C2. The molecule has 1 saturated heterocycles. The molecule has 2 aliphatic heterocycles.